The zero-order chi connectivity index (χ0) is 21.5. The van der Waals surface area contributed by atoms with E-state index in [2.05, 4.69) is 37.9 Å². The predicted molar refractivity (Wildman–Crippen MR) is 119 cm³/mol. The molecule has 2 amide bonds. The molecule has 0 radical (unpaired) electrons. The lowest BCUT2D eigenvalue weighted by atomic mass is 10.2. The van der Waals surface area contributed by atoms with Gasteiger partial charge >= 0.3 is 0 Å². The average molecular weight is 428 g/mol. The van der Waals surface area contributed by atoms with Gasteiger partial charge in [0.15, 0.2) is 10.8 Å². The number of anilines is 2. The molecule has 0 aliphatic rings. The predicted octanol–water partition coefficient (Wildman–Crippen LogP) is 2.76. The van der Waals surface area contributed by atoms with E-state index in [1.54, 1.807) is 35.1 Å². The Balaban J connectivity index is 1.65. The molecule has 3 rings (SSSR count). The molecule has 0 aliphatic carbocycles. The maximum atomic E-state index is 12.4. The number of hydrogen-bond acceptors (Lipinski definition) is 7. The lowest BCUT2D eigenvalue weighted by Crippen LogP contribution is -2.27. The van der Waals surface area contributed by atoms with Crippen molar-refractivity contribution in [1.82, 2.24) is 25.1 Å². The maximum Gasteiger partial charge on any atom is 0.251 e. The van der Waals surface area contributed by atoms with Gasteiger partial charge < -0.3 is 16.0 Å². The van der Waals surface area contributed by atoms with Gasteiger partial charge in [0.05, 0.1) is 18.1 Å². The Morgan fingerprint density at radius 3 is 2.57 bits per heavy atom. The summed E-state index contributed by atoms with van der Waals surface area (Å²) in [5, 5.41) is 14.8. The highest BCUT2D eigenvalue weighted by Crippen LogP contribution is 2.23. The highest BCUT2D eigenvalue weighted by molar-refractivity contribution is 7.98. The van der Waals surface area contributed by atoms with Gasteiger partial charge in [-0.15, -0.1) is 0 Å². The average Bonchev–Trinajstić information content (AvgIpc) is 3.15. The first-order valence-corrected chi connectivity index (χ1v) is 10.9. The summed E-state index contributed by atoms with van der Waals surface area (Å²) >= 11 is 1.47. The van der Waals surface area contributed by atoms with Crippen molar-refractivity contribution in [2.75, 3.05) is 30.0 Å². The number of carbonyl (C=O) groups is 2. The molecule has 0 atom stereocenters. The Labute approximate surface area is 179 Å². The Hall–Kier alpha value is -3.14. The lowest BCUT2D eigenvalue weighted by Gasteiger charge is -2.09. The number of nitrogens with one attached hydrogen (secondary N) is 3. The molecule has 0 bridgehead atoms. The van der Waals surface area contributed by atoms with Crippen LogP contribution in [-0.2, 0) is 11.3 Å². The Bertz CT molecular complexity index is 1030. The maximum absolute atomic E-state index is 12.4. The summed E-state index contributed by atoms with van der Waals surface area (Å²) in [4.78, 5) is 32.6. The van der Waals surface area contributed by atoms with Gasteiger partial charge in [-0.3, -0.25) is 9.59 Å². The molecule has 10 heteroatoms. The van der Waals surface area contributed by atoms with Crippen LogP contribution in [0, 0.1) is 0 Å². The van der Waals surface area contributed by atoms with E-state index in [4.69, 9.17) is 0 Å². The van der Waals surface area contributed by atoms with E-state index in [0.717, 1.165) is 29.8 Å². The topological polar surface area (TPSA) is 114 Å². The van der Waals surface area contributed by atoms with Crippen molar-refractivity contribution in [1.29, 1.82) is 0 Å². The van der Waals surface area contributed by atoms with Crippen LogP contribution >= 0.6 is 11.8 Å². The van der Waals surface area contributed by atoms with Crippen molar-refractivity contribution < 1.29 is 9.59 Å². The third-order valence-electron chi connectivity index (χ3n) is 4.28. The van der Waals surface area contributed by atoms with Gasteiger partial charge in [-0.2, -0.15) is 5.10 Å². The molecule has 0 fully saturated rings. The molecule has 0 spiro atoms. The minimum absolute atomic E-state index is 0.153. The van der Waals surface area contributed by atoms with E-state index in [0.29, 0.717) is 29.5 Å². The number of hydrogen-bond donors (Lipinski definition) is 3. The highest BCUT2D eigenvalue weighted by Gasteiger charge is 2.13. The smallest absolute Gasteiger partial charge is 0.251 e. The van der Waals surface area contributed by atoms with E-state index >= 15 is 0 Å². The summed E-state index contributed by atoms with van der Waals surface area (Å²) in [6, 6.07) is 6.74. The van der Waals surface area contributed by atoms with Gasteiger partial charge in [0.2, 0.25) is 5.91 Å². The second-order valence-electron chi connectivity index (χ2n) is 6.61. The van der Waals surface area contributed by atoms with Crippen molar-refractivity contribution in [3.63, 3.8) is 0 Å². The number of benzene rings is 1. The molecule has 3 aromatic rings. The minimum atomic E-state index is -0.189. The highest BCUT2D eigenvalue weighted by atomic mass is 32.2. The van der Waals surface area contributed by atoms with Crippen molar-refractivity contribution >= 4 is 46.1 Å². The summed E-state index contributed by atoms with van der Waals surface area (Å²) in [6.45, 7) is 5.24. The second kappa shape index (κ2) is 10.1. The first kappa shape index (κ1) is 21.6. The third kappa shape index (κ3) is 5.26. The molecule has 0 saturated carbocycles. The van der Waals surface area contributed by atoms with Gasteiger partial charge in [-0.05, 0) is 36.9 Å². The fourth-order valence-electron chi connectivity index (χ4n) is 2.85. The molecule has 30 heavy (non-hydrogen) atoms. The summed E-state index contributed by atoms with van der Waals surface area (Å²) in [7, 11) is 0. The summed E-state index contributed by atoms with van der Waals surface area (Å²) < 4.78 is 1.77. The van der Waals surface area contributed by atoms with E-state index in [-0.39, 0.29) is 11.8 Å². The zero-order valence-electron chi connectivity index (χ0n) is 17.2. The second-order valence-corrected chi connectivity index (χ2v) is 7.38. The van der Waals surface area contributed by atoms with Crippen LogP contribution in [0.5, 0.6) is 0 Å². The minimum Gasteiger partial charge on any atom is -0.369 e. The van der Waals surface area contributed by atoms with E-state index in [1.165, 1.54) is 18.7 Å². The number of aromatic nitrogens is 4. The van der Waals surface area contributed by atoms with Crippen LogP contribution in [-0.4, -0.2) is 50.9 Å². The molecule has 3 N–H and O–H groups in total. The SMILES string of the molecule is CCCNc1nc(SC)nc2c1cnn2CCNC(=O)c1ccc(NC(C)=O)cc1. The van der Waals surface area contributed by atoms with Crippen molar-refractivity contribution in [2.24, 2.45) is 0 Å². The fourth-order valence-corrected chi connectivity index (χ4v) is 3.21. The van der Waals surface area contributed by atoms with Crippen LogP contribution in [0.25, 0.3) is 11.0 Å². The summed E-state index contributed by atoms with van der Waals surface area (Å²) in [6.07, 6.45) is 4.68. The molecule has 158 valence electrons. The number of thioether (sulfide) groups is 1. The van der Waals surface area contributed by atoms with Crippen LogP contribution in [0.1, 0.15) is 30.6 Å². The summed E-state index contributed by atoms with van der Waals surface area (Å²) in [5.74, 6) is 0.437. The molecule has 0 saturated heterocycles. The molecular weight excluding hydrogens is 402 g/mol. The standard InChI is InChI=1S/C20H25N7O2S/c1-4-9-21-17-16-12-23-27(18(16)26-20(25-17)30-3)11-10-22-19(29)14-5-7-15(8-6-14)24-13(2)28/h5-8,12H,4,9-11H2,1-3H3,(H,22,29)(H,24,28)(H,21,25,26). The molecule has 0 aliphatic heterocycles. The Morgan fingerprint density at radius 2 is 1.90 bits per heavy atom. The fraction of sp³-hybridized carbons (Fsp3) is 0.350. The van der Waals surface area contributed by atoms with Crippen LogP contribution in [0.3, 0.4) is 0 Å². The number of carbonyl (C=O) groups excluding carboxylic acids is 2. The van der Waals surface area contributed by atoms with Crippen molar-refractivity contribution in [3.05, 3.63) is 36.0 Å². The molecule has 1 aromatic carbocycles. The molecular formula is C20H25N7O2S. The van der Waals surface area contributed by atoms with Crippen LogP contribution in [0.4, 0.5) is 11.5 Å². The molecule has 0 unspecified atom stereocenters. The Kier molecular flexibility index (Phi) is 7.23. The first-order chi connectivity index (χ1) is 14.5. The van der Waals surface area contributed by atoms with Gasteiger partial charge in [0.25, 0.3) is 5.91 Å². The van der Waals surface area contributed by atoms with Crippen molar-refractivity contribution in [2.45, 2.75) is 32.0 Å². The first-order valence-electron chi connectivity index (χ1n) is 9.69. The third-order valence-corrected chi connectivity index (χ3v) is 4.83. The molecule has 2 aromatic heterocycles. The number of rotatable bonds is 9. The largest absolute Gasteiger partial charge is 0.369 e. The van der Waals surface area contributed by atoms with Gasteiger partial charge in [0.1, 0.15) is 5.82 Å². The zero-order valence-corrected chi connectivity index (χ0v) is 18.0. The van der Waals surface area contributed by atoms with Crippen LogP contribution < -0.4 is 16.0 Å². The summed E-state index contributed by atoms with van der Waals surface area (Å²) in [5.41, 5.74) is 1.91. The van der Waals surface area contributed by atoms with Gasteiger partial charge in [-0.25, -0.2) is 14.6 Å². The molecule has 2 heterocycles. The van der Waals surface area contributed by atoms with Crippen LogP contribution in [0.2, 0.25) is 0 Å². The van der Waals surface area contributed by atoms with Crippen LogP contribution in [0.15, 0.2) is 35.6 Å². The van der Waals surface area contributed by atoms with Gasteiger partial charge in [-0.1, -0.05) is 18.7 Å². The monoisotopic (exact) mass is 427 g/mol. The number of nitrogens with zero attached hydrogens (tertiary/aromatic N) is 4. The Morgan fingerprint density at radius 1 is 1.13 bits per heavy atom. The van der Waals surface area contributed by atoms with E-state index in [1.807, 2.05) is 6.26 Å². The van der Waals surface area contributed by atoms with Gasteiger partial charge in [0, 0.05) is 31.3 Å². The normalized spacial score (nSPS) is 10.8. The lowest BCUT2D eigenvalue weighted by molar-refractivity contribution is -0.114. The number of fused-ring (bicyclic) bond motifs is 1. The van der Waals surface area contributed by atoms with E-state index < -0.39 is 0 Å². The van der Waals surface area contributed by atoms with E-state index in [9.17, 15) is 9.59 Å². The van der Waals surface area contributed by atoms with Crippen molar-refractivity contribution in [3.8, 4) is 0 Å². The quantitative estimate of drug-likeness (QED) is 0.355. The number of amides is 2. The molecule has 9 nitrogen and oxygen atoms in total.